The molecule has 1 aliphatic rings. The molecule has 0 saturated carbocycles. The maximum absolute atomic E-state index is 13.4. The minimum atomic E-state index is -3.53. The van der Waals surface area contributed by atoms with Crippen molar-refractivity contribution >= 4 is 48.8 Å². The summed E-state index contributed by atoms with van der Waals surface area (Å²) in [5, 5.41) is 0.501. The number of thiophene rings is 1. The van der Waals surface area contributed by atoms with Gasteiger partial charge in [0.2, 0.25) is 0 Å². The minimum Gasteiger partial charge on any atom is -0.337 e. The molecule has 0 radical (unpaired) electrons. The molecule has 0 N–H and O–H groups in total. The summed E-state index contributed by atoms with van der Waals surface area (Å²) in [5.41, 5.74) is 0. The molecule has 8 heteroatoms. The van der Waals surface area contributed by atoms with Gasteiger partial charge >= 0.3 is 0 Å². The van der Waals surface area contributed by atoms with Gasteiger partial charge in [0, 0.05) is 22.8 Å². The molecule has 0 bridgehead atoms. The van der Waals surface area contributed by atoms with Crippen LogP contribution in [0.1, 0.15) is 16.1 Å². The predicted octanol–water partition coefficient (Wildman–Crippen LogP) is 4.38. The first-order chi connectivity index (χ1) is 12.8. The molecule has 0 aliphatic carbocycles. The molecule has 4 rings (SSSR count). The highest BCUT2D eigenvalue weighted by Crippen LogP contribution is 2.30. The van der Waals surface area contributed by atoms with E-state index in [1.807, 2.05) is 0 Å². The molecule has 4 nitrogen and oxygen atoms in total. The van der Waals surface area contributed by atoms with E-state index in [0.29, 0.717) is 28.3 Å². The van der Waals surface area contributed by atoms with Gasteiger partial charge in [-0.05, 0) is 60.3 Å². The van der Waals surface area contributed by atoms with Crippen molar-refractivity contribution in [3.05, 3.63) is 64.2 Å². The largest absolute Gasteiger partial charge is 0.337 e. The summed E-state index contributed by atoms with van der Waals surface area (Å²) in [4.78, 5) is 15.0. The fraction of sp³-hybridized carbons (Fsp3) is 0.211. The molecule has 1 saturated heterocycles. The first-order valence-electron chi connectivity index (χ1n) is 8.32. The average molecular weight is 424 g/mol. The molecular weight excluding hydrogens is 409 g/mol. The Balaban J connectivity index is 1.54. The number of likely N-dealkylation sites (tertiary alicyclic amines) is 1. The Bertz CT molecular complexity index is 1130. The average Bonchev–Trinajstić information content (AvgIpc) is 3.28. The van der Waals surface area contributed by atoms with Gasteiger partial charge in [-0.3, -0.25) is 4.79 Å². The van der Waals surface area contributed by atoms with Crippen LogP contribution in [-0.4, -0.2) is 37.6 Å². The van der Waals surface area contributed by atoms with Gasteiger partial charge in [-0.15, -0.1) is 11.3 Å². The van der Waals surface area contributed by atoms with Crippen LogP contribution in [0.3, 0.4) is 0 Å². The van der Waals surface area contributed by atoms with Crippen molar-refractivity contribution in [1.82, 2.24) is 4.90 Å². The van der Waals surface area contributed by atoms with Crippen LogP contribution in [-0.2, 0) is 9.84 Å². The number of carbonyl (C=O) groups excluding carboxylic acids is 1. The number of carbonyl (C=O) groups is 1. The van der Waals surface area contributed by atoms with Crippen molar-refractivity contribution in [1.29, 1.82) is 0 Å². The lowest BCUT2D eigenvalue weighted by Gasteiger charge is -2.16. The molecule has 1 atom stereocenters. The maximum Gasteiger partial charge on any atom is 0.264 e. The topological polar surface area (TPSA) is 54.5 Å². The number of halogens is 2. The monoisotopic (exact) mass is 423 g/mol. The first-order valence-corrected chi connectivity index (χ1v) is 11.1. The molecule has 140 valence electrons. The summed E-state index contributed by atoms with van der Waals surface area (Å²) in [7, 11) is -3.53. The lowest BCUT2D eigenvalue weighted by molar-refractivity contribution is 0.0798. The van der Waals surface area contributed by atoms with Crippen LogP contribution >= 0.6 is 22.9 Å². The van der Waals surface area contributed by atoms with E-state index >= 15 is 0 Å². The lowest BCUT2D eigenvalue weighted by atomic mass is 10.2. The van der Waals surface area contributed by atoms with Gasteiger partial charge in [-0.2, -0.15) is 0 Å². The van der Waals surface area contributed by atoms with Crippen LogP contribution in [0.5, 0.6) is 0 Å². The van der Waals surface area contributed by atoms with E-state index in [4.69, 9.17) is 11.6 Å². The van der Waals surface area contributed by atoms with Crippen LogP contribution in [0.15, 0.2) is 53.4 Å². The van der Waals surface area contributed by atoms with E-state index in [9.17, 15) is 17.6 Å². The van der Waals surface area contributed by atoms with Crippen molar-refractivity contribution in [2.75, 3.05) is 13.1 Å². The summed E-state index contributed by atoms with van der Waals surface area (Å²) in [6.45, 7) is 0.519. The smallest absolute Gasteiger partial charge is 0.264 e. The number of rotatable bonds is 3. The number of hydrogen-bond acceptors (Lipinski definition) is 4. The first kappa shape index (κ1) is 18.4. The van der Waals surface area contributed by atoms with E-state index in [-0.39, 0.29) is 23.2 Å². The molecular formula is C19H15ClFNO3S2. The number of nitrogens with zero attached hydrogens (tertiary/aromatic N) is 1. The van der Waals surface area contributed by atoms with E-state index in [1.165, 1.54) is 35.6 Å². The standard InChI is InChI=1S/C19H15ClFNO3S2/c20-13-1-4-15(5-2-13)27(24,25)16-7-8-22(11-16)19(23)18-10-12-9-14(21)3-6-17(12)26-18/h1-6,9-10,16H,7-8,11H2/t16-/m1/s1. The highest BCUT2D eigenvalue weighted by Gasteiger charge is 2.36. The van der Waals surface area contributed by atoms with Gasteiger partial charge in [0.15, 0.2) is 9.84 Å². The third kappa shape index (κ3) is 3.47. The molecule has 1 fully saturated rings. The van der Waals surface area contributed by atoms with E-state index in [0.717, 1.165) is 4.70 Å². The third-order valence-corrected chi connectivity index (χ3v) is 8.25. The fourth-order valence-corrected chi connectivity index (χ4v) is 6.09. The molecule has 2 heterocycles. The van der Waals surface area contributed by atoms with E-state index < -0.39 is 15.1 Å². The number of benzene rings is 2. The summed E-state index contributed by atoms with van der Waals surface area (Å²) < 4.78 is 39.8. The fourth-order valence-electron chi connectivity index (χ4n) is 3.26. The zero-order valence-electron chi connectivity index (χ0n) is 14.1. The highest BCUT2D eigenvalue weighted by molar-refractivity contribution is 7.92. The second-order valence-electron chi connectivity index (χ2n) is 6.45. The second-order valence-corrected chi connectivity index (χ2v) is 10.2. The van der Waals surface area contributed by atoms with Gasteiger partial charge < -0.3 is 4.90 Å². The molecule has 1 aromatic heterocycles. The molecule has 0 unspecified atom stereocenters. The number of fused-ring (bicyclic) bond motifs is 1. The predicted molar refractivity (Wildman–Crippen MR) is 105 cm³/mol. The normalized spacial score (nSPS) is 17.6. The Hall–Kier alpha value is -1.96. The lowest BCUT2D eigenvalue weighted by Crippen LogP contribution is -2.31. The van der Waals surface area contributed by atoms with Gasteiger partial charge in [0.25, 0.3) is 5.91 Å². The van der Waals surface area contributed by atoms with Crippen LogP contribution < -0.4 is 0 Å². The Morgan fingerprint density at radius 2 is 1.89 bits per heavy atom. The number of sulfone groups is 1. The summed E-state index contributed by atoms with van der Waals surface area (Å²) >= 11 is 7.11. The van der Waals surface area contributed by atoms with Crippen molar-refractivity contribution in [2.45, 2.75) is 16.6 Å². The zero-order valence-corrected chi connectivity index (χ0v) is 16.5. The van der Waals surface area contributed by atoms with Crippen LogP contribution in [0, 0.1) is 5.82 Å². The van der Waals surface area contributed by atoms with Gasteiger partial charge in [-0.25, -0.2) is 12.8 Å². The Morgan fingerprint density at radius 3 is 2.63 bits per heavy atom. The van der Waals surface area contributed by atoms with Gasteiger partial charge in [0.05, 0.1) is 15.0 Å². The van der Waals surface area contributed by atoms with Gasteiger partial charge in [-0.1, -0.05) is 11.6 Å². The van der Waals surface area contributed by atoms with Crippen LogP contribution in [0.4, 0.5) is 4.39 Å². The third-order valence-electron chi connectivity index (χ3n) is 4.70. The Labute approximate surface area is 165 Å². The van der Waals surface area contributed by atoms with Crippen molar-refractivity contribution in [3.63, 3.8) is 0 Å². The summed E-state index contributed by atoms with van der Waals surface area (Å²) in [6.07, 6.45) is 0.385. The molecule has 1 amide bonds. The van der Waals surface area contributed by atoms with Crippen molar-refractivity contribution < 1.29 is 17.6 Å². The van der Waals surface area contributed by atoms with Crippen molar-refractivity contribution in [2.24, 2.45) is 0 Å². The van der Waals surface area contributed by atoms with E-state index in [2.05, 4.69) is 0 Å². The van der Waals surface area contributed by atoms with Gasteiger partial charge in [0.1, 0.15) is 5.82 Å². The molecule has 2 aromatic carbocycles. The Kier molecular flexibility index (Phi) is 4.70. The molecule has 1 aliphatic heterocycles. The summed E-state index contributed by atoms with van der Waals surface area (Å²) in [6, 6.07) is 12.1. The SMILES string of the molecule is O=C(c1cc2cc(F)ccc2s1)N1CC[C@@H](S(=O)(=O)c2ccc(Cl)cc2)C1. The second kappa shape index (κ2) is 6.89. The van der Waals surface area contributed by atoms with Crippen LogP contribution in [0.2, 0.25) is 5.02 Å². The minimum absolute atomic E-state index is 0.145. The molecule has 3 aromatic rings. The zero-order chi connectivity index (χ0) is 19.2. The number of amides is 1. The quantitative estimate of drug-likeness (QED) is 0.628. The molecule has 0 spiro atoms. The Morgan fingerprint density at radius 1 is 1.15 bits per heavy atom. The van der Waals surface area contributed by atoms with Crippen molar-refractivity contribution in [3.8, 4) is 0 Å². The van der Waals surface area contributed by atoms with E-state index in [1.54, 1.807) is 29.2 Å². The maximum atomic E-state index is 13.4. The summed E-state index contributed by atoms with van der Waals surface area (Å²) in [5.74, 6) is -0.569. The number of hydrogen-bond donors (Lipinski definition) is 0. The molecule has 27 heavy (non-hydrogen) atoms. The highest BCUT2D eigenvalue weighted by atomic mass is 35.5. The van der Waals surface area contributed by atoms with Crippen LogP contribution in [0.25, 0.3) is 10.1 Å².